The molecule has 0 unspecified atom stereocenters. The second-order valence-electron chi connectivity index (χ2n) is 4.12. The Bertz CT molecular complexity index is 634. The molecule has 0 aliphatic carbocycles. The minimum absolute atomic E-state index is 0.0941. The van der Waals surface area contributed by atoms with Crippen molar-refractivity contribution in [2.75, 3.05) is 19.6 Å². The van der Waals surface area contributed by atoms with Gasteiger partial charge in [0.2, 0.25) is 0 Å². The van der Waals surface area contributed by atoms with Gasteiger partial charge < -0.3 is 9.47 Å². The lowest BCUT2D eigenvalue weighted by molar-refractivity contribution is -0.384. The van der Waals surface area contributed by atoms with Gasteiger partial charge in [-0.25, -0.2) is 4.79 Å². The van der Waals surface area contributed by atoms with Crippen LogP contribution in [0, 0.1) is 10.1 Å². The third-order valence-electron chi connectivity index (χ3n) is 2.66. The molecule has 0 radical (unpaired) electrons. The van der Waals surface area contributed by atoms with Crippen LogP contribution in [0.5, 0.6) is 0 Å². The molecule has 0 saturated heterocycles. The zero-order valence-corrected chi connectivity index (χ0v) is 13.9. The number of para-hydroxylation sites is 2. The van der Waals surface area contributed by atoms with Crippen LogP contribution < -0.4 is 5.43 Å². The van der Waals surface area contributed by atoms with Crippen LogP contribution >= 0.6 is 15.9 Å². The average molecular weight is 388 g/mol. The van der Waals surface area contributed by atoms with Crippen LogP contribution in [0.25, 0.3) is 0 Å². The van der Waals surface area contributed by atoms with Crippen molar-refractivity contribution < 1.29 is 24.0 Å². The third-order valence-corrected chi connectivity index (χ3v) is 3.42. The van der Waals surface area contributed by atoms with Gasteiger partial charge in [0.05, 0.1) is 30.4 Å². The summed E-state index contributed by atoms with van der Waals surface area (Å²) in [6.07, 6.45) is -0.164. The van der Waals surface area contributed by atoms with Gasteiger partial charge >= 0.3 is 11.9 Å². The van der Waals surface area contributed by atoms with Gasteiger partial charge in [-0.3, -0.25) is 20.3 Å². The van der Waals surface area contributed by atoms with Gasteiger partial charge in [0.25, 0.3) is 5.69 Å². The topological polar surface area (TPSA) is 120 Å². The van der Waals surface area contributed by atoms with Crippen molar-refractivity contribution in [3.8, 4) is 0 Å². The molecule has 10 heteroatoms. The van der Waals surface area contributed by atoms with Gasteiger partial charge in [-0.1, -0.05) is 28.1 Å². The molecule has 1 aromatic carbocycles. The average Bonchev–Trinajstić information content (AvgIpc) is 2.54. The maximum Gasteiger partial charge on any atom is 0.355 e. The van der Waals surface area contributed by atoms with E-state index in [9.17, 15) is 19.7 Å². The smallest absolute Gasteiger partial charge is 0.355 e. The number of ether oxygens (including phenoxy) is 2. The molecule has 9 nitrogen and oxygen atoms in total. The first-order chi connectivity index (χ1) is 10.9. The quantitative estimate of drug-likeness (QED) is 0.249. The van der Waals surface area contributed by atoms with Gasteiger partial charge in [-0.2, -0.15) is 5.10 Å². The van der Waals surface area contributed by atoms with Crippen molar-refractivity contribution >= 4 is 45.0 Å². The molecule has 0 aliphatic heterocycles. The number of hydrazone groups is 1. The van der Waals surface area contributed by atoms with Crippen molar-refractivity contribution in [1.29, 1.82) is 0 Å². The summed E-state index contributed by atoms with van der Waals surface area (Å²) in [6.45, 7) is 0. The molecule has 0 aliphatic rings. The Morgan fingerprint density at radius 3 is 2.57 bits per heavy atom. The number of nitrogens with one attached hydrogen (secondary N) is 1. The molecule has 1 aromatic rings. The SMILES string of the molecule is COC(=O)C[C@H](Br)/C(=N\Nc1ccccc1[N+](=O)[O-])C(=O)OC. The molecule has 0 heterocycles. The van der Waals surface area contributed by atoms with Gasteiger partial charge in [0.15, 0.2) is 5.71 Å². The largest absolute Gasteiger partial charge is 0.469 e. The molecule has 124 valence electrons. The third kappa shape index (κ3) is 5.33. The fraction of sp³-hybridized carbons (Fsp3) is 0.308. The standard InChI is InChI=1S/C13H14BrN3O6/c1-22-11(18)7-8(14)12(13(19)23-2)16-15-9-5-3-4-6-10(9)17(20)21/h3-6,8,15H,7H2,1-2H3/b16-12+/t8-/m0/s1. The first-order valence-corrected chi connectivity index (χ1v) is 7.18. The van der Waals surface area contributed by atoms with Crippen molar-refractivity contribution in [2.24, 2.45) is 5.10 Å². The molecule has 1 atom stereocenters. The van der Waals surface area contributed by atoms with E-state index in [0.717, 1.165) is 7.11 Å². The number of rotatable bonds is 7. The number of carbonyl (C=O) groups is 2. The van der Waals surface area contributed by atoms with Gasteiger partial charge in [0, 0.05) is 6.07 Å². The summed E-state index contributed by atoms with van der Waals surface area (Å²) in [6, 6.07) is 5.79. The summed E-state index contributed by atoms with van der Waals surface area (Å²) in [5.41, 5.74) is 2.17. The molecule has 0 amide bonds. The van der Waals surface area contributed by atoms with Crippen molar-refractivity contribution in [2.45, 2.75) is 11.2 Å². The van der Waals surface area contributed by atoms with Crippen LogP contribution in [-0.2, 0) is 19.1 Å². The van der Waals surface area contributed by atoms with Gasteiger partial charge in [-0.15, -0.1) is 0 Å². The molecular formula is C13H14BrN3O6. The van der Waals surface area contributed by atoms with Crippen molar-refractivity contribution in [3.63, 3.8) is 0 Å². The highest BCUT2D eigenvalue weighted by Crippen LogP contribution is 2.23. The number of anilines is 1. The van der Waals surface area contributed by atoms with E-state index in [1.54, 1.807) is 6.07 Å². The van der Waals surface area contributed by atoms with E-state index >= 15 is 0 Å². The van der Waals surface area contributed by atoms with E-state index in [1.807, 2.05) is 0 Å². The molecular weight excluding hydrogens is 374 g/mol. The number of carbonyl (C=O) groups excluding carboxylic acids is 2. The molecule has 1 N–H and O–H groups in total. The predicted octanol–water partition coefficient (Wildman–Crippen LogP) is 1.86. The van der Waals surface area contributed by atoms with Crippen LogP contribution in [0.3, 0.4) is 0 Å². The lowest BCUT2D eigenvalue weighted by atomic mass is 10.2. The minimum atomic E-state index is -0.790. The Balaban J connectivity index is 3.04. The summed E-state index contributed by atoms with van der Waals surface area (Å²) < 4.78 is 9.10. The van der Waals surface area contributed by atoms with Crippen molar-refractivity contribution in [1.82, 2.24) is 0 Å². The van der Waals surface area contributed by atoms with E-state index in [2.05, 4.69) is 35.9 Å². The Morgan fingerprint density at radius 2 is 2.00 bits per heavy atom. The predicted molar refractivity (Wildman–Crippen MR) is 85.5 cm³/mol. The molecule has 0 fully saturated rings. The maximum atomic E-state index is 11.8. The zero-order chi connectivity index (χ0) is 17.4. The number of halogens is 1. The molecule has 0 spiro atoms. The lowest BCUT2D eigenvalue weighted by Gasteiger charge is -2.11. The molecule has 23 heavy (non-hydrogen) atoms. The van der Waals surface area contributed by atoms with Crippen LogP contribution in [0.1, 0.15) is 6.42 Å². The zero-order valence-electron chi connectivity index (χ0n) is 12.3. The molecule has 0 aromatic heterocycles. The fourth-order valence-corrected chi connectivity index (χ4v) is 2.08. The maximum absolute atomic E-state index is 11.8. The van der Waals surface area contributed by atoms with Gasteiger partial charge in [0.1, 0.15) is 5.69 Å². The number of nitrogens with zero attached hydrogens (tertiary/aromatic N) is 2. The summed E-state index contributed by atoms with van der Waals surface area (Å²) >= 11 is 3.14. The Morgan fingerprint density at radius 1 is 1.35 bits per heavy atom. The summed E-state index contributed by atoms with van der Waals surface area (Å²) in [5.74, 6) is -1.35. The highest BCUT2D eigenvalue weighted by molar-refractivity contribution is 9.10. The normalized spacial score (nSPS) is 12.2. The summed E-state index contributed by atoms with van der Waals surface area (Å²) in [4.78, 5) is 32.6. The van der Waals surface area contributed by atoms with Crippen LogP contribution in [0.2, 0.25) is 0 Å². The van der Waals surface area contributed by atoms with Crippen LogP contribution in [0.4, 0.5) is 11.4 Å². The summed E-state index contributed by atoms with van der Waals surface area (Å²) in [5, 5.41) is 14.8. The Hall–Kier alpha value is -2.49. The molecule has 0 bridgehead atoms. The van der Waals surface area contributed by atoms with E-state index in [1.165, 1.54) is 25.3 Å². The second kappa shape index (κ2) is 8.83. The monoisotopic (exact) mass is 387 g/mol. The number of alkyl halides is 1. The number of hydrogen-bond donors (Lipinski definition) is 1. The first-order valence-electron chi connectivity index (χ1n) is 6.27. The molecule has 1 rings (SSSR count). The second-order valence-corrected chi connectivity index (χ2v) is 5.23. The lowest BCUT2D eigenvalue weighted by Crippen LogP contribution is -2.29. The van der Waals surface area contributed by atoms with Gasteiger partial charge in [-0.05, 0) is 6.07 Å². The Labute approximate surface area is 139 Å². The summed E-state index contributed by atoms with van der Waals surface area (Å²) in [7, 11) is 2.36. The molecule has 0 saturated carbocycles. The van der Waals surface area contributed by atoms with E-state index in [4.69, 9.17) is 0 Å². The highest BCUT2D eigenvalue weighted by atomic mass is 79.9. The van der Waals surface area contributed by atoms with E-state index in [0.29, 0.717) is 0 Å². The highest BCUT2D eigenvalue weighted by Gasteiger charge is 2.25. The number of esters is 2. The van der Waals surface area contributed by atoms with Crippen LogP contribution in [0.15, 0.2) is 29.4 Å². The van der Waals surface area contributed by atoms with Crippen LogP contribution in [-0.4, -0.2) is 41.6 Å². The van der Waals surface area contributed by atoms with E-state index in [-0.39, 0.29) is 23.5 Å². The number of benzene rings is 1. The van der Waals surface area contributed by atoms with E-state index < -0.39 is 21.7 Å². The fourth-order valence-electron chi connectivity index (χ4n) is 1.52. The first kappa shape index (κ1) is 18.6. The number of hydrogen-bond acceptors (Lipinski definition) is 8. The van der Waals surface area contributed by atoms with Crippen molar-refractivity contribution in [3.05, 3.63) is 34.4 Å². The minimum Gasteiger partial charge on any atom is -0.469 e. The number of nitro groups is 1. The number of nitro benzene ring substituents is 1. The number of methoxy groups -OCH3 is 2. The Kier molecular flexibility index (Phi) is 7.13.